The summed E-state index contributed by atoms with van der Waals surface area (Å²) in [6.45, 7) is 0. The summed E-state index contributed by atoms with van der Waals surface area (Å²) in [6.07, 6.45) is 3.00. The van der Waals surface area contributed by atoms with E-state index in [9.17, 15) is 4.79 Å². The number of carbonyl (C=O) groups is 1. The smallest absolute Gasteiger partial charge is 0.306 e. The van der Waals surface area contributed by atoms with Crippen LogP contribution >= 0.6 is 0 Å². The second-order valence-electron chi connectivity index (χ2n) is 3.76. The van der Waals surface area contributed by atoms with Crippen LogP contribution < -0.4 is 5.73 Å². The van der Waals surface area contributed by atoms with E-state index in [1.807, 2.05) is 0 Å². The molecule has 2 fully saturated rings. The number of fused-ring (bicyclic) bond motifs is 2. The fourth-order valence-corrected chi connectivity index (χ4v) is 2.67. The fourth-order valence-electron chi connectivity index (χ4n) is 2.67. The molecule has 0 aliphatic heterocycles. The van der Waals surface area contributed by atoms with Gasteiger partial charge >= 0.3 is 5.97 Å². The minimum Gasteiger partial charge on any atom is -0.481 e. The summed E-state index contributed by atoms with van der Waals surface area (Å²) in [4.78, 5) is 10.7. The molecule has 4 atom stereocenters. The van der Waals surface area contributed by atoms with Gasteiger partial charge in [-0.3, -0.25) is 4.79 Å². The van der Waals surface area contributed by atoms with Crippen LogP contribution in [0.25, 0.3) is 0 Å². The molecule has 3 nitrogen and oxygen atoms in total. The van der Waals surface area contributed by atoms with Crippen molar-refractivity contribution in [1.29, 1.82) is 0 Å². The Balaban J connectivity index is 2.14. The van der Waals surface area contributed by atoms with Gasteiger partial charge in [0.15, 0.2) is 0 Å². The second-order valence-corrected chi connectivity index (χ2v) is 3.76. The highest BCUT2D eigenvalue weighted by Gasteiger charge is 2.48. The minimum atomic E-state index is -0.646. The van der Waals surface area contributed by atoms with Gasteiger partial charge in [-0.15, -0.1) is 0 Å². The molecule has 0 saturated heterocycles. The van der Waals surface area contributed by atoms with Crippen LogP contribution in [0.3, 0.4) is 0 Å². The van der Waals surface area contributed by atoms with E-state index in [0.29, 0.717) is 5.92 Å². The molecule has 2 saturated carbocycles. The lowest BCUT2D eigenvalue weighted by Gasteiger charge is -2.16. The van der Waals surface area contributed by atoms with Crippen molar-refractivity contribution in [3.8, 4) is 0 Å². The summed E-state index contributed by atoms with van der Waals surface area (Å²) in [5.74, 6) is -0.00463. The van der Waals surface area contributed by atoms with Crippen molar-refractivity contribution in [3.63, 3.8) is 0 Å². The molecular weight excluding hydrogens is 142 g/mol. The third-order valence-electron chi connectivity index (χ3n) is 3.30. The van der Waals surface area contributed by atoms with Gasteiger partial charge in [0, 0.05) is 6.04 Å². The third-order valence-corrected chi connectivity index (χ3v) is 3.30. The first-order valence-electron chi connectivity index (χ1n) is 4.18. The third kappa shape index (κ3) is 0.872. The minimum absolute atomic E-state index is 0.135. The quantitative estimate of drug-likeness (QED) is 0.577. The molecule has 0 unspecified atom stereocenters. The SMILES string of the molecule is N[C@H]1[C@@H]2CC[C@@H]1[C@@H](C(=O)O)C2. The summed E-state index contributed by atoms with van der Waals surface area (Å²) in [7, 11) is 0. The molecule has 3 N–H and O–H groups in total. The Hall–Kier alpha value is -0.570. The maximum Gasteiger partial charge on any atom is 0.306 e. The van der Waals surface area contributed by atoms with Gasteiger partial charge in [0.05, 0.1) is 5.92 Å². The molecule has 0 amide bonds. The highest BCUT2D eigenvalue weighted by molar-refractivity contribution is 5.71. The predicted octanol–water partition coefficient (Wildman–Crippen LogP) is 0.444. The molecule has 62 valence electrons. The van der Waals surface area contributed by atoms with Crippen molar-refractivity contribution < 1.29 is 9.90 Å². The summed E-state index contributed by atoms with van der Waals surface area (Å²) < 4.78 is 0. The van der Waals surface area contributed by atoms with E-state index in [-0.39, 0.29) is 17.9 Å². The van der Waals surface area contributed by atoms with Crippen LogP contribution in [-0.2, 0) is 4.79 Å². The zero-order valence-electron chi connectivity index (χ0n) is 6.36. The number of aliphatic carboxylic acids is 1. The lowest BCUT2D eigenvalue weighted by atomic mass is 9.89. The van der Waals surface area contributed by atoms with Crippen LogP contribution in [0.2, 0.25) is 0 Å². The van der Waals surface area contributed by atoms with Crippen LogP contribution in [-0.4, -0.2) is 17.1 Å². The maximum atomic E-state index is 10.7. The van der Waals surface area contributed by atoms with Crippen molar-refractivity contribution in [2.24, 2.45) is 23.5 Å². The molecule has 0 aromatic carbocycles. The Morgan fingerprint density at radius 1 is 1.45 bits per heavy atom. The van der Waals surface area contributed by atoms with Crippen LogP contribution in [0.4, 0.5) is 0 Å². The Morgan fingerprint density at radius 2 is 2.18 bits per heavy atom. The van der Waals surface area contributed by atoms with E-state index >= 15 is 0 Å². The van der Waals surface area contributed by atoms with Crippen molar-refractivity contribution in [1.82, 2.24) is 0 Å². The Morgan fingerprint density at radius 3 is 2.45 bits per heavy atom. The molecule has 0 spiro atoms. The van der Waals surface area contributed by atoms with Gasteiger partial charge in [0.2, 0.25) is 0 Å². The molecule has 3 heteroatoms. The summed E-state index contributed by atoms with van der Waals surface area (Å²) in [6, 6.07) is 0.177. The molecule has 2 aliphatic rings. The van der Waals surface area contributed by atoms with Gasteiger partial charge < -0.3 is 10.8 Å². The number of hydrogen-bond acceptors (Lipinski definition) is 2. The van der Waals surface area contributed by atoms with Crippen molar-refractivity contribution in [2.45, 2.75) is 25.3 Å². The summed E-state index contributed by atoms with van der Waals surface area (Å²) in [5.41, 5.74) is 5.85. The molecule has 0 radical (unpaired) electrons. The van der Waals surface area contributed by atoms with Gasteiger partial charge in [0.25, 0.3) is 0 Å². The molecular formula is C8H13NO2. The van der Waals surface area contributed by atoms with Crippen LogP contribution in [0, 0.1) is 17.8 Å². The van der Waals surface area contributed by atoms with Crippen molar-refractivity contribution in [2.75, 3.05) is 0 Å². The van der Waals surface area contributed by atoms with Crippen LogP contribution in [0.5, 0.6) is 0 Å². The molecule has 11 heavy (non-hydrogen) atoms. The second kappa shape index (κ2) is 2.21. The van der Waals surface area contributed by atoms with E-state index < -0.39 is 5.97 Å². The highest BCUT2D eigenvalue weighted by Crippen LogP contribution is 2.47. The van der Waals surface area contributed by atoms with Crippen LogP contribution in [0.15, 0.2) is 0 Å². The van der Waals surface area contributed by atoms with E-state index in [1.54, 1.807) is 0 Å². The first kappa shape index (κ1) is 7.10. The summed E-state index contributed by atoms with van der Waals surface area (Å²) in [5, 5.41) is 8.80. The standard InChI is InChI=1S/C8H13NO2/c9-7-4-1-2-5(7)6(3-4)8(10)11/h4-7H,1-3,9H2,(H,10,11)/t4-,5-,6+,7+/m1/s1. The van der Waals surface area contributed by atoms with Gasteiger partial charge in [0.1, 0.15) is 0 Å². The Labute approximate surface area is 65.6 Å². The maximum absolute atomic E-state index is 10.7. The van der Waals surface area contributed by atoms with Gasteiger partial charge in [-0.25, -0.2) is 0 Å². The number of nitrogens with two attached hydrogens (primary N) is 1. The normalized spacial score (nSPS) is 48.1. The number of carboxylic acids is 1. The van der Waals surface area contributed by atoms with Gasteiger partial charge in [-0.1, -0.05) is 0 Å². The first-order valence-corrected chi connectivity index (χ1v) is 4.18. The lowest BCUT2D eigenvalue weighted by Crippen LogP contribution is -2.28. The summed E-state index contributed by atoms with van der Waals surface area (Å²) >= 11 is 0. The lowest BCUT2D eigenvalue weighted by molar-refractivity contribution is -0.143. The molecule has 2 rings (SSSR count). The molecule has 0 aromatic heterocycles. The molecule has 0 aromatic rings. The number of carboxylic acid groups (broad SMARTS) is 1. The fraction of sp³-hybridized carbons (Fsp3) is 0.875. The van der Waals surface area contributed by atoms with E-state index in [0.717, 1.165) is 19.3 Å². The van der Waals surface area contributed by atoms with Gasteiger partial charge in [-0.2, -0.15) is 0 Å². The first-order chi connectivity index (χ1) is 5.20. The van der Waals surface area contributed by atoms with Gasteiger partial charge in [-0.05, 0) is 31.1 Å². The predicted molar refractivity (Wildman–Crippen MR) is 39.9 cm³/mol. The molecule has 2 bridgehead atoms. The number of rotatable bonds is 1. The van der Waals surface area contributed by atoms with E-state index in [1.165, 1.54) is 0 Å². The molecule has 2 aliphatic carbocycles. The van der Waals surface area contributed by atoms with Crippen LogP contribution in [0.1, 0.15) is 19.3 Å². The Bertz CT molecular complexity index is 193. The topological polar surface area (TPSA) is 63.3 Å². The number of hydrogen-bond donors (Lipinski definition) is 2. The zero-order valence-corrected chi connectivity index (χ0v) is 6.36. The Kier molecular flexibility index (Phi) is 1.42. The van der Waals surface area contributed by atoms with E-state index in [4.69, 9.17) is 10.8 Å². The van der Waals surface area contributed by atoms with Crippen molar-refractivity contribution in [3.05, 3.63) is 0 Å². The monoisotopic (exact) mass is 155 g/mol. The highest BCUT2D eigenvalue weighted by atomic mass is 16.4. The largest absolute Gasteiger partial charge is 0.481 e. The molecule has 0 heterocycles. The average Bonchev–Trinajstić information content (AvgIpc) is 2.46. The zero-order chi connectivity index (χ0) is 8.01. The van der Waals surface area contributed by atoms with E-state index in [2.05, 4.69) is 0 Å². The van der Waals surface area contributed by atoms with Crippen molar-refractivity contribution >= 4 is 5.97 Å². The average molecular weight is 155 g/mol.